The van der Waals surface area contributed by atoms with Crippen LogP contribution in [0.3, 0.4) is 0 Å². The monoisotopic (exact) mass is 249 g/mol. The number of alkyl halides is 1. The number of nitro groups is 1. The molecule has 1 unspecified atom stereocenters. The van der Waals surface area contributed by atoms with E-state index in [1.807, 2.05) is 0 Å². The van der Waals surface area contributed by atoms with Crippen molar-refractivity contribution < 1.29 is 14.5 Å². The Labute approximate surface area is 94.8 Å². The van der Waals surface area contributed by atoms with Gasteiger partial charge >= 0.3 is 11.0 Å². The molecule has 0 aliphatic rings. The van der Waals surface area contributed by atoms with Gasteiger partial charge in [-0.15, -0.1) is 11.6 Å². The van der Waals surface area contributed by atoms with Crippen LogP contribution in [0.25, 0.3) is 0 Å². The summed E-state index contributed by atoms with van der Waals surface area (Å²) in [7, 11) is 0. The molecule has 0 radical (unpaired) electrons. The lowest BCUT2D eigenvalue weighted by molar-refractivity contribution is -0.380. The molecule has 0 aliphatic carbocycles. The van der Waals surface area contributed by atoms with Crippen LogP contribution in [0, 0.1) is 10.1 Å². The molecule has 1 aromatic rings. The summed E-state index contributed by atoms with van der Waals surface area (Å²) in [5, 5.41) is 10.9. The molecule has 0 aromatic carbocycles. The minimum Gasteiger partial charge on any atom is -0.465 e. The molecule has 1 atom stereocenters. The molecular formula is C8H8ClNO4S. The van der Waals surface area contributed by atoms with E-state index in [-0.39, 0.29) is 17.2 Å². The van der Waals surface area contributed by atoms with E-state index in [2.05, 4.69) is 4.74 Å². The Morgan fingerprint density at radius 2 is 2.47 bits per heavy atom. The largest absolute Gasteiger partial charge is 0.465 e. The predicted octanol–water partition coefficient (Wildman–Crippen LogP) is 2.50. The predicted molar refractivity (Wildman–Crippen MR) is 56.2 cm³/mol. The van der Waals surface area contributed by atoms with Crippen LogP contribution < -0.4 is 0 Å². The first-order valence-corrected chi connectivity index (χ1v) is 5.42. The van der Waals surface area contributed by atoms with E-state index >= 15 is 0 Å². The molecule has 1 aromatic heterocycles. The summed E-state index contributed by atoms with van der Waals surface area (Å²) in [6, 6.07) is 1.46. The van der Waals surface area contributed by atoms with Gasteiger partial charge in [-0.1, -0.05) is 11.3 Å². The second kappa shape index (κ2) is 5.09. The van der Waals surface area contributed by atoms with Crippen LogP contribution in [0.1, 0.15) is 17.9 Å². The Kier molecular flexibility index (Phi) is 4.05. The second-order valence-electron chi connectivity index (χ2n) is 2.55. The summed E-state index contributed by atoms with van der Waals surface area (Å²) < 4.78 is 4.67. The molecule has 0 aliphatic heterocycles. The van der Waals surface area contributed by atoms with E-state index in [4.69, 9.17) is 11.6 Å². The van der Waals surface area contributed by atoms with E-state index in [0.29, 0.717) is 0 Å². The van der Waals surface area contributed by atoms with Crippen LogP contribution in [0.15, 0.2) is 11.4 Å². The van der Waals surface area contributed by atoms with Crippen molar-refractivity contribution in [2.75, 3.05) is 6.61 Å². The summed E-state index contributed by atoms with van der Waals surface area (Å²) in [6.07, 6.45) is 0. The van der Waals surface area contributed by atoms with Crippen molar-refractivity contribution in [2.45, 2.75) is 12.3 Å². The van der Waals surface area contributed by atoms with Gasteiger partial charge < -0.3 is 4.74 Å². The number of hydrogen-bond acceptors (Lipinski definition) is 5. The first kappa shape index (κ1) is 11.9. The summed E-state index contributed by atoms with van der Waals surface area (Å²) >= 11 is 6.68. The smallest absolute Gasteiger partial charge is 0.329 e. The van der Waals surface area contributed by atoms with E-state index in [1.165, 1.54) is 11.4 Å². The quantitative estimate of drug-likeness (QED) is 0.356. The lowest BCUT2D eigenvalue weighted by Crippen LogP contribution is -2.11. The van der Waals surface area contributed by atoms with E-state index < -0.39 is 16.3 Å². The average molecular weight is 250 g/mol. The van der Waals surface area contributed by atoms with Gasteiger partial charge in [0.05, 0.1) is 17.1 Å². The number of rotatable bonds is 4. The van der Waals surface area contributed by atoms with Crippen molar-refractivity contribution in [1.82, 2.24) is 0 Å². The van der Waals surface area contributed by atoms with Crippen LogP contribution in [-0.2, 0) is 9.53 Å². The van der Waals surface area contributed by atoms with Crippen LogP contribution in [0.4, 0.5) is 5.00 Å². The maximum Gasteiger partial charge on any atom is 0.329 e. The minimum absolute atomic E-state index is 0.122. The normalized spacial score (nSPS) is 12.1. The van der Waals surface area contributed by atoms with Crippen molar-refractivity contribution in [2.24, 2.45) is 0 Å². The van der Waals surface area contributed by atoms with Crippen molar-refractivity contribution >= 4 is 33.9 Å². The lowest BCUT2D eigenvalue weighted by atomic mass is 10.2. The van der Waals surface area contributed by atoms with Crippen LogP contribution in [-0.4, -0.2) is 17.5 Å². The lowest BCUT2D eigenvalue weighted by Gasteiger charge is -2.05. The Balaban J connectivity index is 2.90. The SMILES string of the molecule is CCOC(=O)C(Cl)c1ccsc1[N+](=O)[O-]. The molecule has 1 heterocycles. The molecular weight excluding hydrogens is 242 g/mol. The summed E-state index contributed by atoms with van der Waals surface area (Å²) in [5.74, 6) is -0.666. The highest BCUT2D eigenvalue weighted by molar-refractivity contribution is 7.13. The molecule has 0 bridgehead atoms. The van der Waals surface area contributed by atoms with Crippen LogP contribution >= 0.6 is 22.9 Å². The van der Waals surface area contributed by atoms with E-state index in [0.717, 1.165) is 11.3 Å². The molecule has 0 fully saturated rings. The minimum atomic E-state index is -1.11. The third-order valence-corrected chi connectivity index (χ3v) is 2.90. The molecule has 82 valence electrons. The number of carbonyl (C=O) groups is 1. The first-order chi connectivity index (χ1) is 7.07. The van der Waals surface area contributed by atoms with Gasteiger partial charge in [-0.05, 0) is 18.4 Å². The summed E-state index contributed by atoms with van der Waals surface area (Å²) in [5.41, 5.74) is 0.185. The topological polar surface area (TPSA) is 69.4 Å². The number of esters is 1. The van der Waals surface area contributed by atoms with Gasteiger partial charge in [0, 0.05) is 0 Å². The Hall–Kier alpha value is -1.14. The van der Waals surface area contributed by atoms with Gasteiger partial charge in [-0.2, -0.15) is 0 Å². The zero-order chi connectivity index (χ0) is 11.4. The van der Waals surface area contributed by atoms with Gasteiger partial charge in [0.15, 0.2) is 5.38 Å². The van der Waals surface area contributed by atoms with Gasteiger partial charge in [-0.3, -0.25) is 14.9 Å². The molecule has 0 N–H and O–H groups in total. The third-order valence-electron chi connectivity index (χ3n) is 1.61. The van der Waals surface area contributed by atoms with Crippen molar-refractivity contribution in [3.8, 4) is 0 Å². The Morgan fingerprint density at radius 3 is 3.00 bits per heavy atom. The first-order valence-electron chi connectivity index (χ1n) is 4.10. The van der Waals surface area contributed by atoms with Crippen molar-refractivity contribution in [3.05, 3.63) is 27.1 Å². The highest BCUT2D eigenvalue weighted by Crippen LogP contribution is 2.34. The summed E-state index contributed by atoms with van der Waals surface area (Å²) in [4.78, 5) is 21.3. The highest BCUT2D eigenvalue weighted by atomic mass is 35.5. The third kappa shape index (κ3) is 2.66. The molecule has 0 saturated carbocycles. The molecule has 0 amide bonds. The van der Waals surface area contributed by atoms with Crippen LogP contribution in [0.5, 0.6) is 0 Å². The van der Waals surface area contributed by atoms with Gasteiger partial charge in [0.25, 0.3) is 0 Å². The number of thiophene rings is 1. The number of nitrogens with zero attached hydrogens (tertiary/aromatic N) is 1. The number of ether oxygens (including phenoxy) is 1. The fraction of sp³-hybridized carbons (Fsp3) is 0.375. The van der Waals surface area contributed by atoms with Crippen molar-refractivity contribution in [3.63, 3.8) is 0 Å². The second-order valence-corrected chi connectivity index (χ2v) is 3.88. The standard InChI is InChI=1S/C8H8ClNO4S/c1-2-14-8(11)6(9)5-3-4-15-7(5)10(12)13/h3-4,6H,2H2,1H3. The van der Waals surface area contributed by atoms with Gasteiger partial charge in [0.2, 0.25) is 0 Å². The zero-order valence-electron chi connectivity index (χ0n) is 7.81. The zero-order valence-corrected chi connectivity index (χ0v) is 9.38. The number of halogens is 1. The van der Waals surface area contributed by atoms with E-state index in [1.54, 1.807) is 6.92 Å². The Bertz CT molecular complexity index is 378. The fourth-order valence-corrected chi connectivity index (χ4v) is 2.05. The number of hydrogen-bond donors (Lipinski definition) is 0. The molecule has 0 saturated heterocycles. The number of carbonyl (C=O) groups excluding carboxylic acids is 1. The molecule has 0 spiro atoms. The molecule has 15 heavy (non-hydrogen) atoms. The molecule has 5 nitrogen and oxygen atoms in total. The summed E-state index contributed by atoms with van der Waals surface area (Å²) in [6.45, 7) is 1.84. The maximum absolute atomic E-state index is 11.2. The van der Waals surface area contributed by atoms with Gasteiger partial charge in [-0.25, -0.2) is 0 Å². The Morgan fingerprint density at radius 1 is 1.80 bits per heavy atom. The van der Waals surface area contributed by atoms with Crippen molar-refractivity contribution in [1.29, 1.82) is 0 Å². The fourth-order valence-electron chi connectivity index (χ4n) is 0.995. The van der Waals surface area contributed by atoms with E-state index in [9.17, 15) is 14.9 Å². The molecule has 1 rings (SSSR count). The average Bonchev–Trinajstić information content (AvgIpc) is 2.65. The van der Waals surface area contributed by atoms with Gasteiger partial charge in [0.1, 0.15) is 0 Å². The molecule has 7 heteroatoms. The highest BCUT2D eigenvalue weighted by Gasteiger charge is 2.28. The maximum atomic E-state index is 11.2. The van der Waals surface area contributed by atoms with Crippen LogP contribution in [0.2, 0.25) is 0 Å².